The van der Waals surface area contributed by atoms with Crippen molar-refractivity contribution in [2.45, 2.75) is 91.9 Å². The lowest BCUT2D eigenvalue weighted by Crippen LogP contribution is -2.17. The fourth-order valence-electron chi connectivity index (χ4n) is 7.86. The molecule has 0 N–H and O–H groups in total. The van der Waals surface area contributed by atoms with Crippen LogP contribution in [0.3, 0.4) is 0 Å². The number of benzene rings is 1. The number of nitrogens with zero attached hydrogens (tertiary/aromatic N) is 3. The third kappa shape index (κ3) is 8.10. The molecule has 3 nitrogen and oxygen atoms in total. The molecule has 1 aromatic carbocycles. The van der Waals surface area contributed by atoms with Crippen LogP contribution in [0.2, 0.25) is 0 Å². The molecule has 0 amide bonds. The van der Waals surface area contributed by atoms with Gasteiger partial charge < -0.3 is 0 Å². The molecular formula is C43H53N3. The topological polar surface area (TPSA) is 38.7 Å². The van der Waals surface area contributed by atoms with Crippen molar-refractivity contribution in [2.75, 3.05) is 0 Å². The number of pyridine rings is 3. The van der Waals surface area contributed by atoms with E-state index in [-0.39, 0.29) is 0 Å². The highest BCUT2D eigenvalue weighted by atomic mass is 14.7. The molecule has 3 heterocycles. The zero-order valence-electron chi connectivity index (χ0n) is 28.8. The van der Waals surface area contributed by atoms with Crippen molar-refractivity contribution in [1.29, 1.82) is 0 Å². The quantitative estimate of drug-likeness (QED) is 0.150. The van der Waals surface area contributed by atoms with Gasteiger partial charge in [-0.05, 0) is 147 Å². The van der Waals surface area contributed by atoms with Gasteiger partial charge in [0.1, 0.15) is 0 Å². The largest absolute Gasteiger partial charge is 0.264 e. The molecule has 1 fully saturated rings. The fourth-order valence-corrected chi connectivity index (χ4v) is 7.86. The van der Waals surface area contributed by atoms with Crippen LogP contribution in [-0.4, -0.2) is 15.0 Å². The minimum Gasteiger partial charge on any atom is -0.264 e. The average molecular weight is 612 g/mol. The van der Waals surface area contributed by atoms with Gasteiger partial charge in [0.2, 0.25) is 0 Å². The van der Waals surface area contributed by atoms with Gasteiger partial charge in [-0.25, -0.2) is 0 Å². The van der Waals surface area contributed by atoms with Crippen molar-refractivity contribution < 1.29 is 0 Å². The second-order valence-corrected chi connectivity index (χ2v) is 14.0. The number of allylic oxidation sites excluding steroid dienone is 1. The van der Waals surface area contributed by atoms with Gasteiger partial charge in [0, 0.05) is 41.6 Å². The third-order valence-corrected chi connectivity index (χ3v) is 10.9. The van der Waals surface area contributed by atoms with Crippen molar-refractivity contribution >= 4 is 11.6 Å². The Bertz CT molecular complexity index is 1580. The molecule has 5 rings (SSSR count). The Morgan fingerprint density at radius 1 is 0.870 bits per heavy atom. The Balaban J connectivity index is 1.21. The maximum absolute atomic E-state index is 4.96. The second kappa shape index (κ2) is 15.6. The molecule has 46 heavy (non-hydrogen) atoms. The molecule has 0 saturated heterocycles. The second-order valence-electron chi connectivity index (χ2n) is 14.0. The van der Waals surface area contributed by atoms with Crippen molar-refractivity contribution in [3.8, 4) is 11.3 Å². The van der Waals surface area contributed by atoms with E-state index in [1.165, 1.54) is 83.9 Å². The van der Waals surface area contributed by atoms with Crippen LogP contribution >= 0.6 is 0 Å². The summed E-state index contributed by atoms with van der Waals surface area (Å²) >= 11 is 0. The summed E-state index contributed by atoms with van der Waals surface area (Å²) in [7, 11) is 0. The summed E-state index contributed by atoms with van der Waals surface area (Å²) in [6, 6.07) is 17.5. The third-order valence-electron chi connectivity index (χ3n) is 10.9. The molecule has 0 aliphatic heterocycles. The first-order chi connectivity index (χ1) is 22.2. The first kappa shape index (κ1) is 33.5. The van der Waals surface area contributed by atoms with E-state index in [0.717, 1.165) is 29.3 Å². The van der Waals surface area contributed by atoms with Gasteiger partial charge >= 0.3 is 0 Å². The van der Waals surface area contributed by atoms with Gasteiger partial charge in [0.05, 0.1) is 5.69 Å². The summed E-state index contributed by atoms with van der Waals surface area (Å²) < 4.78 is 0. The van der Waals surface area contributed by atoms with Gasteiger partial charge in [-0.1, -0.05) is 70.2 Å². The van der Waals surface area contributed by atoms with E-state index in [2.05, 4.69) is 106 Å². The Labute approximate surface area is 278 Å². The highest BCUT2D eigenvalue weighted by molar-refractivity contribution is 5.72. The van der Waals surface area contributed by atoms with Crippen LogP contribution in [0.25, 0.3) is 22.9 Å². The highest BCUT2D eigenvalue weighted by Gasteiger charge is 2.30. The fraction of sp³-hybridized carbons (Fsp3) is 0.419. The van der Waals surface area contributed by atoms with Crippen molar-refractivity contribution in [3.05, 3.63) is 126 Å². The first-order valence-corrected chi connectivity index (χ1v) is 17.4. The molecular weight excluding hydrogens is 558 g/mol. The molecule has 1 aliphatic rings. The average Bonchev–Trinajstić information content (AvgIpc) is 3.33. The molecule has 5 atom stereocenters. The van der Waals surface area contributed by atoms with Gasteiger partial charge in [0.15, 0.2) is 0 Å². The molecule has 4 aromatic rings. The first-order valence-electron chi connectivity index (χ1n) is 17.4. The Hall–Kier alpha value is -3.85. The lowest BCUT2D eigenvalue weighted by molar-refractivity contribution is 0.283. The van der Waals surface area contributed by atoms with Crippen LogP contribution in [0.15, 0.2) is 86.5 Å². The Morgan fingerprint density at radius 2 is 1.61 bits per heavy atom. The van der Waals surface area contributed by atoms with Gasteiger partial charge in [0.25, 0.3) is 0 Å². The molecule has 1 saturated carbocycles. The molecule has 240 valence electrons. The standard InChI is InChI=1S/C43H53N3/c1-8-35-16-18-38(19-17-35)41(26-40-28-45-24-22-31(40)4)37-12-9-11-36(20-21-37)30(3)15-14-29(2)33(6)43-32(5)25-42(46-34(43)7)39-13-10-23-44-27-39/h8,10,13,16-19,22-25,27-30,36-37,41H,1,6,9,11-12,14-15,20-21,26H2,2-5,7H3/t29?,30-,36?,37?,41?/m1/s1. The van der Waals surface area contributed by atoms with E-state index in [9.17, 15) is 0 Å². The van der Waals surface area contributed by atoms with E-state index in [1.54, 1.807) is 6.20 Å². The van der Waals surface area contributed by atoms with E-state index < -0.39 is 0 Å². The molecule has 4 unspecified atom stereocenters. The normalized spacial score (nSPS) is 18.7. The maximum atomic E-state index is 4.96. The molecule has 3 aromatic heterocycles. The summed E-state index contributed by atoms with van der Waals surface area (Å²) in [6.45, 7) is 20.0. The highest BCUT2D eigenvalue weighted by Crippen LogP contribution is 2.42. The smallest absolute Gasteiger partial charge is 0.0723 e. The van der Waals surface area contributed by atoms with Crippen LogP contribution in [0, 0.1) is 44.4 Å². The summed E-state index contributed by atoms with van der Waals surface area (Å²) in [6.07, 6.45) is 19.7. The predicted molar refractivity (Wildman–Crippen MR) is 196 cm³/mol. The number of aryl methyl sites for hydroxylation is 3. The van der Waals surface area contributed by atoms with Crippen molar-refractivity contribution in [2.24, 2.45) is 23.7 Å². The van der Waals surface area contributed by atoms with E-state index in [0.29, 0.717) is 23.7 Å². The monoisotopic (exact) mass is 611 g/mol. The van der Waals surface area contributed by atoms with Gasteiger partial charge in [-0.2, -0.15) is 0 Å². The van der Waals surface area contributed by atoms with Crippen LogP contribution < -0.4 is 0 Å². The summed E-state index contributed by atoms with van der Waals surface area (Å²) in [4.78, 5) is 13.7. The summed E-state index contributed by atoms with van der Waals surface area (Å²) in [5.74, 6) is 3.14. The number of rotatable bonds is 12. The Kier molecular flexibility index (Phi) is 11.4. The van der Waals surface area contributed by atoms with E-state index in [1.807, 2.05) is 24.5 Å². The zero-order chi connectivity index (χ0) is 32.6. The molecule has 0 radical (unpaired) electrons. The molecule has 0 bridgehead atoms. The predicted octanol–water partition coefficient (Wildman–Crippen LogP) is 11.4. The Morgan fingerprint density at radius 3 is 2.30 bits per heavy atom. The van der Waals surface area contributed by atoms with Crippen LogP contribution in [0.4, 0.5) is 0 Å². The van der Waals surface area contributed by atoms with Gasteiger partial charge in [-0.3, -0.25) is 15.0 Å². The van der Waals surface area contributed by atoms with E-state index in [4.69, 9.17) is 4.98 Å². The van der Waals surface area contributed by atoms with Crippen LogP contribution in [0.1, 0.15) is 104 Å². The maximum Gasteiger partial charge on any atom is 0.0723 e. The zero-order valence-corrected chi connectivity index (χ0v) is 28.8. The lowest BCUT2D eigenvalue weighted by Gasteiger charge is -2.28. The van der Waals surface area contributed by atoms with E-state index >= 15 is 0 Å². The SMILES string of the molecule is C=Cc1ccc(C(Cc2cnccc2C)C2CCCC([C@H](C)CCC(C)C(=C)c3c(C)cc(-c4cccnc4)nc3C)CC2)cc1. The summed E-state index contributed by atoms with van der Waals surface area (Å²) in [5, 5.41) is 0. The lowest BCUT2D eigenvalue weighted by atomic mass is 9.76. The minimum atomic E-state index is 0.426. The van der Waals surface area contributed by atoms with Crippen molar-refractivity contribution in [1.82, 2.24) is 15.0 Å². The number of hydrogen-bond acceptors (Lipinski definition) is 3. The van der Waals surface area contributed by atoms with Crippen molar-refractivity contribution in [3.63, 3.8) is 0 Å². The van der Waals surface area contributed by atoms with Gasteiger partial charge in [-0.15, -0.1) is 0 Å². The summed E-state index contributed by atoms with van der Waals surface area (Å²) in [5.41, 5.74) is 12.2. The minimum absolute atomic E-state index is 0.426. The molecule has 1 aliphatic carbocycles. The van der Waals surface area contributed by atoms with Crippen LogP contribution in [0.5, 0.6) is 0 Å². The van der Waals surface area contributed by atoms with Crippen LogP contribution in [-0.2, 0) is 6.42 Å². The number of aromatic nitrogens is 3. The number of hydrogen-bond donors (Lipinski definition) is 0. The molecule has 3 heteroatoms. The molecule has 0 spiro atoms.